The van der Waals surface area contributed by atoms with E-state index in [4.69, 9.17) is 5.11 Å². The van der Waals surface area contributed by atoms with Gasteiger partial charge in [-0.05, 0) is 37.5 Å². The van der Waals surface area contributed by atoms with E-state index in [-0.39, 0.29) is 0 Å². The van der Waals surface area contributed by atoms with Gasteiger partial charge in [-0.15, -0.1) is 0 Å². The summed E-state index contributed by atoms with van der Waals surface area (Å²) in [6, 6.07) is 0. The first-order valence-electron chi connectivity index (χ1n) is 4.61. The first-order chi connectivity index (χ1) is 5.33. The maximum Gasteiger partial charge on any atom is 0.0439 e. The predicted molar refractivity (Wildman–Crippen MR) is 47.4 cm³/mol. The minimum absolute atomic E-state index is 0.332. The summed E-state index contributed by atoms with van der Waals surface area (Å²) in [5, 5.41) is 8.88. The molecule has 0 aromatic carbocycles. The summed E-state index contributed by atoms with van der Waals surface area (Å²) in [5.74, 6) is 0. The lowest BCUT2D eigenvalue weighted by Gasteiger charge is -2.31. The zero-order chi connectivity index (χ0) is 8.16. The summed E-state index contributed by atoms with van der Waals surface area (Å²) in [7, 11) is 0. The summed E-state index contributed by atoms with van der Waals surface area (Å²) in [4.78, 5) is 0. The van der Waals surface area contributed by atoms with Crippen molar-refractivity contribution in [1.29, 1.82) is 0 Å². The van der Waals surface area contributed by atoms with Crippen LogP contribution in [0, 0.1) is 5.41 Å². The molecule has 1 heteroatoms. The number of hydrogen-bond acceptors (Lipinski definition) is 1. The smallest absolute Gasteiger partial charge is 0.0439 e. The van der Waals surface area contributed by atoms with E-state index in [1.54, 1.807) is 0 Å². The van der Waals surface area contributed by atoms with Crippen LogP contribution in [-0.4, -0.2) is 11.7 Å². The van der Waals surface area contributed by atoms with Gasteiger partial charge >= 0.3 is 0 Å². The lowest BCUT2D eigenvalue weighted by atomic mass is 9.74. The second-order valence-corrected chi connectivity index (χ2v) is 3.48. The Kier molecular flexibility index (Phi) is 3.13. The van der Waals surface area contributed by atoms with Crippen molar-refractivity contribution in [2.75, 3.05) is 6.61 Å². The molecular weight excluding hydrogens is 136 g/mol. The van der Waals surface area contributed by atoms with E-state index in [0.717, 1.165) is 6.42 Å². The molecule has 1 unspecified atom stereocenters. The maximum atomic E-state index is 8.88. The molecule has 1 atom stereocenters. The van der Waals surface area contributed by atoms with Crippen molar-refractivity contribution in [1.82, 2.24) is 0 Å². The SMILES string of the molecule is CCC1(CCO)C=CCCC1. The molecule has 1 rings (SSSR count). The number of aliphatic hydroxyl groups excluding tert-OH is 1. The van der Waals surface area contributed by atoms with Crippen LogP contribution < -0.4 is 0 Å². The minimum Gasteiger partial charge on any atom is -0.396 e. The van der Waals surface area contributed by atoms with E-state index >= 15 is 0 Å². The third kappa shape index (κ3) is 2.06. The third-order valence-electron chi connectivity index (χ3n) is 2.83. The van der Waals surface area contributed by atoms with E-state index in [1.165, 1.54) is 25.7 Å². The van der Waals surface area contributed by atoms with Crippen LogP contribution >= 0.6 is 0 Å². The quantitative estimate of drug-likeness (QED) is 0.619. The highest BCUT2D eigenvalue weighted by molar-refractivity contribution is 5.02. The standard InChI is InChI=1S/C10H18O/c1-2-10(8-9-11)6-4-3-5-7-10/h4,6,11H,2-3,5,7-9H2,1H3. The van der Waals surface area contributed by atoms with Gasteiger partial charge < -0.3 is 5.11 Å². The Morgan fingerprint density at radius 3 is 2.82 bits per heavy atom. The summed E-state index contributed by atoms with van der Waals surface area (Å²) in [6.07, 6.45) is 10.5. The monoisotopic (exact) mass is 154 g/mol. The largest absolute Gasteiger partial charge is 0.396 e. The average Bonchev–Trinajstić information content (AvgIpc) is 2.07. The molecule has 0 aromatic heterocycles. The number of aliphatic hydroxyl groups is 1. The van der Waals surface area contributed by atoms with Crippen molar-refractivity contribution in [3.05, 3.63) is 12.2 Å². The summed E-state index contributed by atoms with van der Waals surface area (Å²) >= 11 is 0. The van der Waals surface area contributed by atoms with E-state index in [9.17, 15) is 0 Å². The average molecular weight is 154 g/mol. The van der Waals surface area contributed by atoms with Crippen LogP contribution in [0.4, 0.5) is 0 Å². The summed E-state index contributed by atoms with van der Waals surface area (Å²) in [6.45, 7) is 2.55. The molecule has 0 heterocycles. The Balaban J connectivity index is 2.57. The van der Waals surface area contributed by atoms with Gasteiger partial charge in [-0.1, -0.05) is 19.1 Å². The van der Waals surface area contributed by atoms with Gasteiger partial charge in [0.1, 0.15) is 0 Å². The number of rotatable bonds is 3. The zero-order valence-corrected chi connectivity index (χ0v) is 7.34. The van der Waals surface area contributed by atoms with Crippen LogP contribution in [0.2, 0.25) is 0 Å². The van der Waals surface area contributed by atoms with Gasteiger partial charge in [0.2, 0.25) is 0 Å². The Bertz CT molecular complexity index is 140. The van der Waals surface area contributed by atoms with E-state index in [2.05, 4.69) is 19.1 Å². The van der Waals surface area contributed by atoms with Crippen molar-refractivity contribution in [3.63, 3.8) is 0 Å². The first kappa shape index (κ1) is 8.79. The van der Waals surface area contributed by atoms with Crippen LogP contribution in [0.5, 0.6) is 0 Å². The van der Waals surface area contributed by atoms with E-state index < -0.39 is 0 Å². The predicted octanol–water partition coefficient (Wildman–Crippen LogP) is 2.51. The molecular formula is C10H18O. The van der Waals surface area contributed by atoms with Crippen molar-refractivity contribution in [2.45, 2.75) is 39.0 Å². The molecule has 0 radical (unpaired) electrons. The molecule has 0 saturated carbocycles. The van der Waals surface area contributed by atoms with Gasteiger partial charge in [0.05, 0.1) is 0 Å². The van der Waals surface area contributed by atoms with E-state index in [0.29, 0.717) is 12.0 Å². The maximum absolute atomic E-state index is 8.88. The minimum atomic E-state index is 0.332. The molecule has 64 valence electrons. The fourth-order valence-corrected chi connectivity index (χ4v) is 1.89. The first-order valence-corrected chi connectivity index (χ1v) is 4.61. The number of hydrogen-bond donors (Lipinski definition) is 1. The highest BCUT2D eigenvalue weighted by Gasteiger charge is 2.25. The van der Waals surface area contributed by atoms with Gasteiger partial charge in [-0.3, -0.25) is 0 Å². The van der Waals surface area contributed by atoms with Crippen LogP contribution in [0.15, 0.2) is 12.2 Å². The molecule has 0 aliphatic heterocycles. The van der Waals surface area contributed by atoms with Gasteiger partial charge in [0, 0.05) is 6.61 Å². The Morgan fingerprint density at radius 1 is 1.55 bits per heavy atom. The molecule has 0 aromatic rings. The molecule has 0 spiro atoms. The fraction of sp³-hybridized carbons (Fsp3) is 0.800. The highest BCUT2D eigenvalue weighted by atomic mass is 16.3. The molecule has 1 N–H and O–H groups in total. The van der Waals surface area contributed by atoms with Gasteiger partial charge in [0.25, 0.3) is 0 Å². The van der Waals surface area contributed by atoms with Crippen molar-refractivity contribution in [2.24, 2.45) is 5.41 Å². The third-order valence-corrected chi connectivity index (χ3v) is 2.83. The van der Waals surface area contributed by atoms with Crippen molar-refractivity contribution >= 4 is 0 Å². The van der Waals surface area contributed by atoms with Crippen LogP contribution in [-0.2, 0) is 0 Å². The second kappa shape index (κ2) is 3.91. The van der Waals surface area contributed by atoms with Gasteiger partial charge in [-0.2, -0.15) is 0 Å². The zero-order valence-electron chi connectivity index (χ0n) is 7.34. The van der Waals surface area contributed by atoms with Gasteiger partial charge in [-0.25, -0.2) is 0 Å². The van der Waals surface area contributed by atoms with E-state index in [1.807, 2.05) is 0 Å². The Morgan fingerprint density at radius 2 is 2.36 bits per heavy atom. The summed E-state index contributed by atoms with van der Waals surface area (Å²) < 4.78 is 0. The van der Waals surface area contributed by atoms with Crippen molar-refractivity contribution in [3.8, 4) is 0 Å². The second-order valence-electron chi connectivity index (χ2n) is 3.48. The van der Waals surface area contributed by atoms with Crippen molar-refractivity contribution < 1.29 is 5.11 Å². The van der Waals surface area contributed by atoms with Crippen LogP contribution in [0.25, 0.3) is 0 Å². The van der Waals surface area contributed by atoms with Crippen LogP contribution in [0.3, 0.4) is 0 Å². The lowest BCUT2D eigenvalue weighted by Crippen LogP contribution is -2.20. The highest BCUT2D eigenvalue weighted by Crippen LogP contribution is 2.37. The molecule has 0 fully saturated rings. The molecule has 1 nitrogen and oxygen atoms in total. The Hall–Kier alpha value is -0.300. The molecule has 0 bridgehead atoms. The summed E-state index contributed by atoms with van der Waals surface area (Å²) in [5.41, 5.74) is 0.340. The topological polar surface area (TPSA) is 20.2 Å². The number of allylic oxidation sites excluding steroid dienone is 2. The normalized spacial score (nSPS) is 30.7. The van der Waals surface area contributed by atoms with Crippen LogP contribution in [0.1, 0.15) is 39.0 Å². The molecule has 1 aliphatic rings. The lowest BCUT2D eigenvalue weighted by molar-refractivity contribution is 0.198. The molecule has 1 aliphatic carbocycles. The molecule has 0 amide bonds. The Labute approximate surface area is 69.1 Å². The molecule has 11 heavy (non-hydrogen) atoms. The fourth-order valence-electron chi connectivity index (χ4n) is 1.89. The molecule has 0 saturated heterocycles. The van der Waals surface area contributed by atoms with Gasteiger partial charge in [0.15, 0.2) is 0 Å².